The van der Waals surface area contributed by atoms with Gasteiger partial charge in [-0.25, -0.2) is 4.98 Å². The Labute approximate surface area is 124 Å². The van der Waals surface area contributed by atoms with E-state index in [0.717, 1.165) is 29.3 Å². The highest BCUT2D eigenvalue weighted by atomic mass is 32.2. The van der Waals surface area contributed by atoms with Gasteiger partial charge in [0.05, 0.1) is 5.69 Å². The van der Waals surface area contributed by atoms with Gasteiger partial charge in [0, 0.05) is 11.5 Å². The van der Waals surface area contributed by atoms with Gasteiger partial charge in [0.15, 0.2) is 5.16 Å². The molecule has 3 rings (SSSR count). The van der Waals surface area contributed by atoms with Crippen molar-refractivity contribution >= 4 is 11.8 Å². The van der Waals surface area contributed by atoms with Crippen LogP contribution < -0.4 is 5.56 Å². The average Bonchev–Trinajstić information content (AvgIpc) is 2.36. The van der Waals surface area contributed by atoms with Gasteiger partial charge < -0.3 is 4.98 Å². The molecule has 4 heteroatoms. The Bertz CT molecular complexity index is 630. The predicted molar refractivity (Wildman–Crippen MR) is 83.3 cm³/mol. The molecule has 0 spiro atoms. The van der Waals surface area contributed by atoms with Crippen molar-refractivity contribution in [2.75, 3.05) is 6.26 Å². The largest absolute Gasteiger partial charge is 0.301 e. The van der Waals surface area contributed by atoms with Crippen molar-refractivity contribution in [3.05, 3.63) is 33.3 Å². The van der Waals surface area contributed by atoms with Gasteiger partial charge in [0.2, 0.25) is 0 Å². The molecular weight excluding hydrogens is 268 g/mol. The number of aromatic nitrogens is 2. The fourth-order valence-electron chi connectivity index (χ4n) is 3.87. The molecule has 108 valence electrons. The SMILES string of the molecule is CSc1nc2c(c(=O)[nH]1)[C@H]1C=C(C)CC[C@@H]1C(C)(C)C2. The van der Waals surface area contributed by atoms with Gasteiger partial charge in [0.1, 0.15) is 0 Å². The van der Waals surface area contributed by atoms with Crippen molar-refractivity contribution in [1.29, 1.82) is 0 Å². The molecule has 0 fully saturated rings. The van der Waals surface area contributed by atoms with E-state index in [2.05, 4.69) is 36.8 Å². The summed E-state index contributed by atoms with van der Waals surface area (Å²) < 4.78 is 0. The first-order valence-corrected chi connectivity index (χ1v) is 8.49. The van der Waals surface area contributed by atoms with Crippen molar-refractivity contribution < 1.29 is 0 Å². The maximum absolute atomic E-state index is 12.5. The number of thioether (sulfide) groups is 1. The minimum atomic E-state index is 0.0656. The standard InChI is InChI=1S/C16H22N2OS/c1-9-5-6-11-10(7-9)13-12(8-16(11,2)3)17-15(20-4)18-14(13)19/h7,10-11H,5-6,8H2,1-4H3,(H,17,18,19)/t10-,11-/m0/s1. The van der Waals surface area contributed by atoms with Gasteiger partial charge in [0.25, 0.3) is 5.56 Å². The Hall–Kier alpha value is -1.03. The summed E-state index contributed by atoms with van der Waals surface area (Å²) in [5.74, 6) is 0.802. The number of nitrogens with one attached hydrogen (secondary N) is 1. The van der Waals surface area contributed by atoms with Crippen LogP contribution in [0, 0.1) is 11.3 Å². The van der Waals surface area contributed by atoms with Crippen LogP contribution in [0.25, 0.3) is 0 Å². The van der Waals surface area contributed by atoms with E-state index in [-0.39, 0.29) is 16.9 Å². The molecule has 0 amide bonds. The summed E-state index contributed by atoms with van der Waals surface area (Å²) in [4.78, 5) is 20.1. The predicted octanol–water partition coefficient (Wildman–Crippen LogP) is 3.51. The molecule has 1 aromatic heterocycles. The van der Waals surface area contributed by atoms with Crippen LogP contribution in [0.15, 0.2) is 21.6 Å². The molecule has 0 aromatic carbocycles. The lowest BCUT2D eigenvalue weighted by molar-refractivity contribution is 0.153. The second-order valence-electron chi connectivity index (χ2n) is 6.78. The van der Waals surface area contributed by atoms with E-state index in [4.69, 9.17) is 0 Å². The fourth-order valence-corrected chi connectivity index (χ4v) is 4.27. The molecule has 1 N–H and O–H groups in total. The topological polar surface area (TPSA) is 45.8 Å². The lowest BCUT2D eigenvalue weighted by Crippen LogP contribution is -2.41. The number of rotatable bonds is 1. The molecule has 0 unspecified atom stereocenters. The minimum Gasteiger partial charge on any atom is -0.301 e. The highest BCUT2D eigenvalue weighted by molar-refractivity contribution is 7.98. The Morgan fingerprint density at radius 2 is 2.20 bits per heavy atom. The van der Waals surface area contributed by atoms with Crippen LogP contribution in [0.4, 0.5) is 0 Å². The van der Waals surface area contributed by atoms with E-state index >= 15 is 0 Å². The van der Waals surface area contributed by atoms with Crippen LogP contribution in [-0.4, -0.2) is 16.2 Å². The van der Waals surface area contributed by atoms with Crippen molar-refractivity contribution in [3.63, 3.8) is 0 Å². The number of fused-ring (bicyclic) bond motifs is 3. The molecule has 0 saturated heterocycles. The van der Waals surface area contributed by atoms with Gasteiger partial charge in [-0.05, 0) is 43.8 Å². The van der Waals surface area contributed by atoms with Gasteiger partial charge in [-0.2, -0.15) is 0 Å². The van der Waals surface area contributed by atoms with Gasteiger partial charge in [-0.1, -0.05) is 37.3 Å². The summed E-state index contributed by atoms with van der Waals surface area (Å²) in [5, 5.41) is 0.736. The molecule has 2 aliphatic rings. The monoisotopic (exact) mass is 290 g/mol. The summed E-state index contributed by atoms with van der Waals surface area (Å²) >= 11 is 1.50. The second kappa shape index (κ2) is 4.76. The first-order valence-electron chi connectivity index (χ1n) is 7.27. The fraction of sp³-hybridized carbons (Fsp3) is 0.625. The van der Waals surface area contributed by atoms with Crippen LogP contribution in [-0.2, 0) is 6.42 Å². The van der Waals surface area contributed by atoms with Crippen molar-refractivity contribution in [2.24, 2.45) is 11.3 Å². The number of H-pyrrole nitrogens is 1. The lowest BCUT2D eigenvalue weighted by atomic mass is 9.59. The van der Waals surface area contributed by atoms with Gasteiger partial charge in [-0.15, -0.1) is 0 Å². The number of hydrogen-bond acceptors (Lipinski definition) is 3. The van der Waals surface area contributed by atoms with Gasteiger partial charge >= 0.3 is 0 Å². The van der Waals surface area contributed by atoms with E-state index in [1.54, 1.807) is 0 Å². The van der Waals surface area contributed by atoms with Crippen molar-refractivity contribution in [2.45, 2.75) is 51.1 Å². The zero-order valence-electron chi connectivity index (χ0n) is 12.6. The molecule has 0 radical (unpaired) electrons. The number of nitrogens with zero attached hydrogens (tertiary/aromatic N) is 1. The smallest absolute Gasteiger partial charge is 0.255 e. The summed E-state index contributed by atoms with van der Waals surface area (Å²) in [5.41, 5.74) is 3.62. The first-order chi connectivity index (χ1) is 9.42. The third kappa shape index (κ3) is 2.14. The van der Waals surface area contributed by atoms with E-state index in [1.165, 1.54) is 23.8 Å². The quantitative estimate of drug-likeness (QED) is 0.489. The van der Waals surface area contributed by atoms with Crippen molar-refractivity contribution in [1.82, 2.24) is 9.97 Å². The van der Waals surface area contributed by atoms with Crippen LogP contribution in [0.3, 0.4) is 0 Å². The van der Waals surface area contributed by atoms with Gasteiger partial charge in [-0.3, -0.25) is 4.79 Å². The van der Waals surface area contributed by atoms with Crippen LogP contribution in [0.5, 0.6) is 0 Å². The average molecular weight is 290 g/mol. The molecule has 3 nitrogen and oxygen atoms in total. The molecule has 1 heterocycles. The lowest BCUT2D eigenvalue weighted by Gasteiger charge is -2.45. The van der Waals surface area contributed by atoms with E-state index in [9.17, 15) is 4.79 Å². The molecule has 0 aliphatic heterocycles. The first kappa shape index (κ1) is 13.9. The number of hydrogen-bond donors (Lipinski definition) is 1. The summed E-state index contributed by atoms with van der Waals surface area (Å²) in [6.07, 6.45) is 7.51. The third-order valence-electron chi connectivity index (χ3n) is 4.91. The number of allylic oxidation sites excluding steroid dienone is 2. The highest BCUT2D eigenvalue weighted by Crippen LogP contribution is 2.50. The van der Waals surface area contributed by atoms with Crippen molar-refractivity contribution in [3.8, 4) is 0 Å². The second-order valence-corrected chi connectivity index (χ2v) is 7.58. The molecule has 2 aliphatic carbocycles. The van der Waals surface area contributed by atoms with Crippen LogP contribution in [0.1, 0.15) is 50.8 Å². The zero-order valence-corrected chi connectivity index (χ0v) is 13.4. The molecule has 0 saturated carbocycles. The Balaban J connectivity index is 2.21. The van der Waals surface area contributed by atoms with E-state index < -0.39 is 0 Å². The summed E-state index contributed by atoms with van der Waals surface area (Å²) in [6, 6.07) is 0. The maximum Gasteiger partial charge on any atom is 0.255 e. The van der Waals surface area contributed by atoms with E-state index in [0.29, 0.717) is 5.92 Å². The maximum atomic E-state index is 12.5. The Morgan fingerprint density at radius 1 is 1.45 bits per heavy atom. The molecule has 20 heavy (non-hydrogen) atoms. The molecular formula is C16H22N2OS. The normalized spacial score (nSPS) is 27.5. The Morgan fingerprint density at radius 3 is 2.90 bits per heavy atom. The number of aromatic amines is 1. The summed E-state index contributed by atoms with van der Waals surface area (Å²) in [7, 11) is 0. The van der Waals surface area contributed by atoms with E-state index in [1.807, 2.05) is 6.26 Å². The third-order valence-corrected chi connectivity index (χ3v) is 5.49. The zero-order chi connectivity index (χ0) is 14.5. The molecule has 2 atom stereocenters. The molecule has 0 bridgehead atoms. The minimum absolute atomic E-state index is 0.0656. The highest BCUT2D eigenvalue weighted by Gasteiger charge is 2.44. The Kier molecular flexibility index (Phi) is 3.32. The summed E-state index contributed by atoms with van der Waals surface area (Å²) in [6.45, 7) is 6.82. The molecule has 1 aromatic rings. The van der Waals surface area contributed by atoms with Crippen LogP contribution >= 0.6 is 11.8 Å². The van der Waals surface area contributed by atoms with Crippen LogP contribution in [0.2, 0.25) is 0 Å².